The van der Waals surface area contributed by atoms with Gasteiger partial charge in [-0.2, -0.15) is 0 Å². The Kier molecular flexibility index (Phi) is 6.90. The Labute approximate surface area is 222 Å². The van der Waals surface area contributed by atoms with E-state index in [1.54, 1.807) is 11.6 Å². The molecule has 0 radical (unpaired) electrons. The van der Waals surface area contributed by atoms with Crippen LogP contribution >= 0.6 is 22.7 Å². The normalized spacial score (nSPS) is 28.7. The van der Waals surface area contributed by atoms with Gasteiger partial charge in [0.2, 0.25) is 5.91 Å². The monoisotopic (exact) mass is 544 g/mol. The van der Waals surface area contributed by atoms with Crippen LogP contribution in [0.2, 0.25) is 0 Å². The second-order valence-electron chi connectivity index (χ2n) is 10.4. The lowest BCUT2D eigenvalue weighted by atomic mass is 9.47. The number of hydrogen-bond donors (Lipinski definition) is 4. The molecule has 1 fully saturated rings. The highest BCUT2D eigenvalue weighted by molar-refractivity contribution is 7.16. The zero-order valence-electron chi connectivity index (χ0n) is 20.5. The molecule has 5 rings (SSSR count). The molecular formula is C26H29FN4O4S2. The van der Waals surface area contributed by atoms with Gasteiger partial charge < -0.3 is 15.5 Å². The summed E-state index contributed by atoms with van der Waals surface area (Å²) in [4.78, 5) is 35.7. The van der Waals surface area contributed by atoms with Gasteiger partial charge in [0.05, 0.1) is 18.4 Å². The standard InChI is InChI=1S/C26H29FN4O4S2/c1-25-7-6-19(33)26(2,13-32)18(25)12-17-21(16(25)11-20(34)29-23-28-8-9-36-23)30-24(37-17)31-22(35)14-4-3-5-15(27)10-14/h3-5,8-10,16,18-19,32-33H,6-7,11-13H2,1-2H3,(H,28,29,34)(H,30,31,35)/t16-,18+,19-,25+,26+/m1/s1. The van der Waals surface area contributed by atoms with E-state index in [0.717, 1.165) is 16.6 Å². The average molecular weight is 545 g/mol. The number of anilines is 2. The fourth-order valence-electron chi connectivity index (χ4n) is 6.14. The Balaban J connectivity index is 1.50. The minimum atomic E-state index is -0.746. The number of rotatable bonds is 6. The molecule has 37 heavy (non-hydrogen) atoms. The summed E-state index contributed by atoms with van der Waals surface area (Å²) in [5, 5.41) is 29.6. The van der Waals surface area contributed by atoms with Gasteiger partial charge in [0, 0.05) is 39.8 Å². The van der Waals surface area contributed by atoms with Crippen LogP contribution in [0.1, 0.15) is 60.0 Å². The molecule has 3 aromatic rings. The fraction of sp³-hybridized carbons (Fsp3) is 0.462. The Hall–Kier alpha value is -2.73. The first-order valence-electron chi connectivity index (χ1n) is 12.2. The predicted octanol–water partition coefficient (Wildman–Crippen LogP) is 4.44. The number of hydrogen-bond acceptors (Lipinski definition) is 8. The summed E-state index contributed by atoms with van der Waals surface area (Å²) in [6.07, 6.45) is 2.86. The van der Waals surface area contributed by atoms with Crippen LogP contribution < -0.4 is 10.6 Å². The molecule has 2 aliphatic carbocycles. The molecule has 0 saturated heterocycles. The number of thiazole rings is 2. The number of fused-ring (bicyclic) bond motifs is 2. The molecule has 0 bridgehead atoms. The van der Waals surface area contributed by atoms with Crippen LogP contribution in [0, 0.1) is 22.6 Å². The third kappa shape index (κ3) is 4.69. The van der Waals surface area contributed by atoms with E-state index in [1.165, 1.54) is 40.9 Å². The molecule has 4 N–H and O–H groups in total. The second kappa shape index (κ2) is 9.86. The number of halogens is 1. The molecule has 2 aromatic heterocycles. The maximum atomic E-state index is 13.6. The van der Waals surface area contributed by atoms with Crippen molar-refractivity contribution in [2.75, 3.05) is 17.2 Å². The molecule has 0 aliphatic heterocycles. The minimum absolute atomic E-state index is 0.105. The van der Waals surface area contributed by atoms with Gasteiger partial charge in [0.15, 0.2) is 10.3 Å². The number of amides is 2. The Morgan fingerprint density at radius 1 is 1.24 bits per heavy atom. The molecular weight excluding hydrogens is 515 g/mol. The molecule has 0 unspecified atom stereocenters. The SMILES string of the molecule is C[C@]1(CO)[C@H]2Cc3sc(NC(=O)c4cccc(F)c4)nc3[C@@H](CC(=O)Nc3nccs3)[C@]2(C)CC[C@H]1O. The number of aliphatic hydroxyl groups excluding tert-OH is 2. The maximum Gasteiger partial charge on any atom is 0.257 e. The number of carbonyl (C=O) groups is 2. The van der Waals surface area contributed by atoms with Crippen molar-refractivity contribution in [3.8, 4) is 0 Å². The van der Waals surface area contributed by atoms with E-state index >= 15 is 0 Å². The first kappa shape index (κ1) is 25.9. The zero-order chi connectivity index (χ0) is 26.4. The van der Waals surface area contributed by atoms with E-state index in [1.807, 2.05) is 6.92 Å². The number of nitrogens with one attached hydrogen (secondary N) is 2. The van der Waals surface area contributed by atoms with Gasteiger partial charge in [0.1, 0.15) is 5.82 Å². The lowest BCUT2D eigenvalue weighted by molar-refractivity contribution is -0.143. The largest absolute Gasteiger partial charge is 0.396 e. The zero-order valence-corrected chi connectivity index (χ0v) is 22.2. The fourth-order valence-corrected chi connectivity index (χ4v) is 7.75. The van der Waals surface area contributed by atoms with Gasteiger partial charge in [-0.3, -0.25) is 14.9 Å². The summed E-state index contributed by atoms with van der Waals surface area (Å²) < 4.78 is 13.6. The van der Waals surface area contributed by atoms with E-state index in [0.29, 0.717) is 29.5 Å². The second-order valence-corrected chi connectivity index (χ2v) is 12.4. The van der Waals surface area contributed by atoms with E-state index in [9.17, 15) is 24.2 Å². The molecule has 0 spiro atoms. The topological polar surface area (TPSA) is 124 Å². The van der Waals surface area contributed by atoms with Crippen molar-refractivity contribution < 1.29 is 24.2 Å². The molecule has 2 aliphatic rings. The van der Waals surface area contributed by atoms with Crippen molar-refractivity contribution in [1.29, 1.82) is 0 Å². The highest BCUT2D eigenvalue weighted by Crippen LogP contribution is 2.62. The van der Waals surface area contributed by atoms with Crippen molar-refractivity contribution >= 4 is 44.8 Å². The van der Waals surface area contributed by atoms with Gasteiger partial charge >= 0.3 is 0 Å². The third-order valence-corrected chi connectivity index (χ3v) is 9.97. The summed E-state index contributed by atoms with van der Waals surface area (Å²) in [7, 11) is 0. The van der Waals surface area contributed by atoms with Crippen molar-refractivity contribution in [1.82, 2.24) is 9.97 Å². The first-order chi connectivity index (χ1) is 17.6. The van der Waals surface area contributed by atoms with Crippen LogP contribution in [-0.4, -0.2) is 44.7 Å². The van der Waals surface area contributed by atoms with E-state index in [2.05, 4.69) is 22.5 Å². The molecule has 1 saturated carbocycles. The Bertz CT molecular complexity index is 1320. The average Bonchev–Trinajstić information content (AvgIpc) is 3.52. The minimum Gasteiger partial charge on any atom is -0.396 e. The van der Waals surface area contributed by atoms with Gasteiger partial charge in [0.25, 0.3) is 5.91 Å². The summed E-state index contributed by atoms with van der Waals surface area (Å²) in [5.41, 5.74) is -0.223. The lowest BCUT2D eigenvalue weighted by Gasteiger charge is -2.58. The van der Waals surface area contributed by atoms with E-state index in [4.69, 9.17) is 4.98 Å². The van der Waals surface area contributed by atoms with Crippen LogP contribution in [-0.2, 0) is 11.2 Å². The molecule has 11 heteroatoms. The summed E-state index contributed by atoms with van der Waals surface area (Å²) in [5.74, 6) is -1.57. The van der Waals surface area contributed by atoms with E-state index in [-0.39, 0.29) is 36.3 Å². The van der Waals surface area contributed by atoms with Crippen molar-refractivity contribution in [3.63, 3.8) is 0 Å². The number of aliphatic hydroxyl groups is 2. The smallest absolute Gasteiger partial charge is 0.257 e. The Morgan fingerprint density at radius 2 is 2.05 bits per heavy atom. The van der Waals surface area contributed by atoms with Crippen LogP contribution in [0.4, 0.5) is 14.7 Å². The maximum absolute atomic E-state index is 13.6. The highest BCUT2D eigenvalue weighted by Gasteiger charge is 2.59. The number of nitrogens with zero attached hydrogens (tertiary/aromatic N) is 2. The molecule has 5 atom stereocenters. The molecule has 1 aromatic carbocycles. The molecule has 2 amide bonds. The summed E-state index contributed by atoms with van der Waals surface area (Å²) >= 11 is 2.66. The van der Waals surface area contributed by atoms with Crippen molar-refractivity contribution in [3.05, 3.63) is 57.8 Å². The predicted molar refractivity (Wildman–Crippen MR) is 140 cm³/mol. The number of carbonyl (C=O) groups excluding carboxylic acids is 2. The first-order valence-corrected chi connectivity index (χ1v) is 13.9. The van der Waals surface area contributed by atoms with Gasteiger partial charge in [-0.05, 0) is 48.8 Å². The van der Waals surface area contributed by atoms with Gasteiger partial charge in [-0.1, -0.05) is 19.9 Å². The van der Waals surface area contributed by atoms with Crippen LogP contribution in [0.25, 0.3) is 0 Å². The van der Waals surface area contributed by atoms with Crippen LogP contribution in [0.5, 0.6) is 0 Å². The van der Waals surface area contributed by atoms with Crippen LogP contribution in [0.3, 0.4) is 0 Å². The van der Waals surface area contributed by atoms with E-state index < -0.39 is 28.7 Å². The van der Waals surface area contributed by atoms with Gasteiger partial charge in [-0.25, -0.2) is 14.4 Å². The van der Waals surface area contributed by atoms with Crippen molar-refractivity contribution in [2.45, 2.75) is 51.6 Å². The molecule has 2 heterocycles. The lowest BCUT2D eigenvalue weighted by Crippen LogP contribution is -2.57. The quantitative estimate of drug-likeness (QED) is 0.364. The summed E-state index contributed by atoms with van der Waals surface area (Å²) in [6, 6.07) is 5.44. The number of aromatic nitrogens is 2. The molecule has 8 nitrogen and oxygen atoms in total. The summed E-state index contributed by atoms with van der Waals surface area (Å²) in [6.45, 7) is 3.85. The molecule has 196 valence electrons. The van der Waals surface area contributed by atoms with Crippen molar-refractivity contribution in [2.24, 2.45) is 16.7 Å². The highest BCUT2D eigenvalue weighted by atomic mass is 32.1. The van der Waals surface area contributed by atoms with Crippen LogP contribution in [0.15, 0.2) is 35.8 Å². The number of benzene rings is 1. The van der Waals surface area contributed by atoms with Gasteiger partial charge in [-0.15, -0.1) is 22.7 Å². The third-order valence-electron chi connectivity index (χ3n) is 8.27. The Morgan fingerprint density at radius 3 is 2.76 bits per heavy atom.